The summed E-state index contributed by atoms with van der Waals surface area (Å²) in [5, 5.41) is 5.09. The third-order valence-corrected chi connectivity index (χ3v) is 3.72. The number of hydrogen-bond acceptors (Lipinski definition) is 1. The molecule has 3 N–H and O–H groups in total. The van der Waals surface area contributed by atoms with Crippen LogP contribution in [0, 0.1) is 11.6 Å². The third kappa shape index (κ3) is 5.30. The maximum absolute atomic E-state index is 13.7. The van der Waals surface area contributed by atoms with E-state index in [1.807, 2.05) is 12.1 Å². The van der Waals surface area contributed by atoms with Gasteiger partial charge in [-0.1, -0.05) is 23.7 Å². The van der Waals surface area contributed by atoms with Gasteiger partial charge in [-0.05, 0) is 36.8 Å². The van der Waals surface area contributed by atoms with E-state index in [0.29, 0.717) is 17.1 Å². The van der Waals surface area contributed by atoms with E-state index in [9.17, 15) is 13.6 Å². The Morgan fingerprint density at radius 1 is 1.26 bits per heavy atom. The maximum Gasteiger partial charge on any atom is 0.275 e. The summed E-state index contributed by atoms with van der Waals surface area (Å²) in [7, 11) is 0. The number of nitrogens with two attached hydrogens (primary N) is 1. The van der Waals surface area contributed by atoms with Gasteiger partial charge in [0.2, 0.25) is 0 Å². The first-order chi connectivity index (χ1) is 11.0. The predicted octanol–water partition coefficient (Wildman–Crippen LogP) is 2.56. The van der Waals surface area contributed by atoms with Crippen LogP contribution in [0.15, 0.2) is 42.5 Å². The van der Waals surface area contributed by atoms with E-state index in [0.717, 1.165) is 11.6 Å². The Morgan fingerprint density at radius 2 is 2.04 bits per heavy atom. The molecule has 3 nitrogen and oxygen atoms in total. The summed E-state index contributed by atoms with van der Waals surface area (Å²) in [6, 6.07) is 10.4. The molecule has 0 aliphatic rings. The Morgan fingerprint density at radius 3 is 2.74 bits per heavy atom. The SMILES string of the molecule is C[C@H]([NH2+]CC(=O)NCc1cccc(Cl)c1)c1ccc(F)cc1F. The fraction of sp³-hybridized carbons (Fsp3) is 0.235. The van der Waals surface area contributed by atoms with Gasteiger partial charge in [0, 0.05) is 23.2 Å². The summed E-state index contributed by atoms with van der Waals surface area (Å²) >= 11 is 5.88. The summed E-state index contributed by atoms with van der Waals surface area (Å²) in [6.45, 7) is 2.30. The molecule has 122 valence electrons. The van der Waals surface area contributed by atoms with Crippen LogP contribution >= 0.6 is 11.6 Å². The topological polar surface area (TPSA) is 45.7 Å². The average Bonchev–Trinajstić information content (AvgIpc) is 2.50. The lowest BCUT2D eigenvalue weighted by Gasteiger charge is -2.12. The lowest BCUT2D eigenvalue weighted by Crippen LogP contribution is -2.87. The van der Waals surface area contributed by atoms with Crippen LogP contribution in [0.3, 0.4) is 0 Å². The standard InChI is InChI=1S/C17H17ClF2N2O/c1-11(15-6-5-14(19)8-16(15)20)21-10-17(23)22-9-12-3-2-4-13(18)7-12/h2-8,11,21H,9-10H2,1H3,(H,22,23)/p+1/t11-/m0/s1. The van der Waals surface area contributed by atoms with Crippen molar-refractivity contribution in [2.75, 3.05) is 6.54 Å². The highest BCUT2D eigenvalue weighted by molar-refractivity contribution is 6.30. The first kappa shape index (κ1) is 17.4. The zero-order chi connectivity index (χ0) is 16.8. The molecule has 1 atom stereocenters. The van der Waals surface area contributed by atoms with Crippen molar-refractivity contribution in [2.24, 2.45) is 0 Å². The molecule has 23 heavy (non-hydrogen) atoms. The minimum absolute atomic E-state index is 0.151. The predicted molar refractivity (Wildman–Crippen MR) is 84.9 cm³/mol. The van der Waals surface area contributed by atoms with Crippen molar-refractivity contribution in [1.29, 1.82) is 0 Å². The first-order valence-electron chi connectivity index (χ1n) is 7.25. The van der Waals surface area contributed by atoms with Crippen molar-refractivity contribution in [2.45, 2.75) is 19.5 Å². The Balaban J connectivity index is 1.81. The van der Waals surface area contributed by atoms with Crippen LogP contribution < -0.4 is 10.6 Å². The van der Waals surface area contributed by atoms with Crippen LogP contribution in [0.1, 0.15) is 24.1 Å². The monoisotopic (exact) mass is 339 g/mol. The summed E-state index contributed by atoms with van der Waals surface area (Å²) in [5.41, 5.74) is 1.28. The molecule has 2 aromatic rings. The van der Waals surface area contributed by atoms with Gasteiger partial charge in [0.25, 0.3) is 5.91 Å². The van der Waals surface area contributed by atoms with E-state index in [-0.39, 0.29) is 18.5 Å². The van der Waals surface area contributed by atoms with Gasteiger partial charge in [-0.25, -0.2) is 8.78 Å². The highest BCUT2D eigenvalue weighted by atomic mass is 35.5. The molecular weight excluding hydrogens is 322 g/mol. The molecule has 0 spiro atoms. The number of rotatable bonds is 6. The van der Waals surface area contributed by atoms with E-state index in [2.05, 4.69) is 5.32 Å². The summed E-state index contributed by atoms with van der Waals surface area (Å²) in [6.07, 6.45) is 0. The normalized spacial score (nSPS) is 12.0. The van der Waals surface area contributed by atoms with Crippen molar-refractivity contribution in [3.05, 3.63) is 70.2 Å². The van der Waals surface area contributed by atoms with Gasteiger partial charge in [-0.3, -0.25) is 4.79 Å². The molecule has 0 aliphatic carbocycles. The molecule has 0 aliphatic heterocycles. The van der Waals surface area contributed by atoms with Gasteiger partial charge in [0.05, 0.1) is 0 Å². The van der Waals surface area contributed by atoms with E-state index < -0.39 is 11.6 Å². The number of carbonyl (C=O) groups is 1. The maximum atomic E-state index is 13.7. The first-order valence-corrected chi connectivity index (χ1v) is 7.63. The Labute approximate surface area is 138 Å². The van der Waals surface area contributed by atoms with E-state index >= 15 is 0 Å². The molecule has 6 heteroatoms. The van der Waals surface area contributed by atoms with E-state index in [4.69, 9.17) is 11.6 Å². The highest BCUT2D eigenvalue weighted by Gasteiger charge is 2.15. The van der Waals surface area contributed by atoms with Crippen molar-refractivity contribution >= 4 is 17.5 Å². The van der Waals surface area contributed by atoms with Crippen LogP contribution in [-0.4, -0.2) is 12.5 Å². The summed E-state index contributed by atoms with van der Waals surface area (Å²) < 4.78 is 26.6. The van der Waals surface area contributed by atoms with Crippen LogP contribution in [-0.2, 0) is 11.3 Å². The Bertz CT molecular complexity index is 694. The van der Waals surface area contributed by atoms with Crippen molar-refractivity contribution in [3.63, 3.8) is 0 Å². The number of hydrogen-bond donors (Lipinski definition) is 2. The van der Waals surface area contributed by atoms with E-state index in [1.165, 1.54) is 12.1 Å². The second-order valence-corrected chi connectivity index (χ2v) is 5.74. The number of amides is 1. The lowest BCUT2D eigenvalue weighted by atomic mass is 10.1. The number of quaternary nitrogens is 1. The molecule has 1 amide bonds. The van der Waals surface area contributed by atoms with Crippen molar-refractivity contribution < 1.29 is 18.9 Å². The zero-order valence-electron chi connectivity index (χ0n) is 12.7. The molecule has 0 saturated carbocycles. The third-order valence-electron chi connectivity index (χ3n) is 3.49. The molecule has 0 fully saturated rings. The van der Waals surface area contributed by atoms with Crippen molar-refractivity contribution in [1.82, 2.24) is 5.32 Å². The van der Waals surface area contributed by atoms with Crippen LogP contribution in [0.2, 0.25) is 5.02 Å². The smallest absolute Gasteiger partial charge is 0.275 e. The molecule has 0 radical (unpaired) electrons. The van der Waals surface area contributed by atoms with Crippen LogP contribution in [0.4, 0.5) is 8.78 Å². The second kappa shape index (κ2) is 8.04. The summed E-state index contributed by atoms with van der Waals surface area (Å²) in [4.78, 5) is 11.8. The number of benzene rings is 2. The molecule has 0 aromatic heterocycles. The van der Waals surface area contributed by atoms with Gasteiger partial charge >= 0.3 is 0 Å². The quantitative estimate of drug-likeness (QED) is 0.834. The zero-order valence-corrected chi connectivity index (χ0v) is 13.4. The number of nitrogens with one attached hydrogen (secondary N) is 1. The van der Waals surface area contributed by atoms with Crippen LogP contribution in [0.25, 0.3) is 0 Å². The molecule has 0 unspecified atom stereocenters. The van der Waals surface area contributed by atoms with Gasteiger partial charge in [-0.15, -0.1) is 0 Å². The molecule has 0 bridgehead atoms. The minimum Gasteiger partial charge on any atom is -0.347 e. The van der Waals surface area contributed by atoms with Crippen molar-refractivity contribution in [3.8, 4) is 0 Å². The fourth-order valence-electron chi connectivity index (χ4n) is 2.20. The van der Waals surface area contributed by atoms with Gasteiger partial charge < -0.3 is 10.6 Å². The Kier molecular flexibility index (Phi) is 6.07. The van der Waals surface area contributed by atoms with Crippen LogP contribution in [0.5, 0.6) is 0 Å². The average molecular weight is 340 g/mol. The summed E-state index contributed by atoms with van der Waals surface area (Å²) in [5.74, 6) is -1.38. The van der Waals surface area contributed by atoms with Gasteiger partial charge in [0.1, 0.15) is 17.7 Å². The Hall–Kier alpha value is -1.98. The highest BCUT2D eigenvalue weighted by Crippen LogP contribution is 2.14. The minimum atomic E-state index is -0.613. The number of carbonyl (C=O) groups excluding carboxylic acids is 1. The van der Waals surface area contributed by atoms with Gasteiger partial charge in [-0.2, -0.15) is 0 Å². The lowest BCUT2D eigenvalue weighted by molar-refractivity contribution is -0.682. The molecule has 0 saturated heterocycles. The second-order valence-electron chi connectivity index (χ2n) is 5.30. The van der Waals surface area contributed by atoms with E-state index in [1.54, 1.807) is 24.4 Å². The molecule has 2 rings (SSSR count). The van der Waals surface area contributed by atoms with Gasteiger partial charge in [0.15, 0.2) is 6.54 Å². The molecular formula is C17H18ClF2N2O+. The largest absolute Gasteiger partial charge is 0.347 e. The molecule has 2 aromatic carbocycles. The molecule has 0 heterocycles. The number of halogens is 3. The fourth-order valence-corrected chi connectivity index (χ4v) is 2.41.